The predicted octanol–water partition coefficient (Wildman–Crippen LogP) is 2.09. The molecule has 0 aromatic carbocycles. The first-order valence-corrected chi connectivity index (χ1v) is 6.90. The molecule has 98 valence electrons. The molecule has 0 aliphatic carbocycles. The number of nitrogens with zero attached hydrogens (tertiary/aromatic N) is 4. The van der Waals surface area contributed by atoms with Crippen LogP contribution in [0, 0.1) is 6.92 Å². The van der Waals surface area contributed by atoms with Gasteiger partial charge in [0, 0.05) is 47.6 Å². The summed E-state index contributed by atoms with van der Waals surface area (Å²) in [6.07, 6.45) is 4.54. The van der Waals surface area contributed by atoms with E-state index in [-0.39, 0.29) is 0 Å². The van der Waals surface area contributed by atoms with Crippen LogP contribution in [0.1, 0.15) is 16.8 Å². The summed E-state index contributed by atoms with van der Waals surface area (Å²) < 4.78 is 1.01. The van der Waals surface area contributed by atoms with Crippen LogP contribution in [0.4, 0.5) is 11.8 Å². The lowest BCUT2D eigenvalue weighted by atomic mass is 10.1. The van der Waals surface area contributed by atoms with Crippen LogP contribution in [0.15, 0.2) is 22.9 Å². The van der Waals surface area contributed by atoms with E-state index in [2.05, 4.69) is 41.8 Å². The van der Waals surface area contributed by atoms with E-state index in [0.717, 1.165) is 35.4 Å². The summed E-state index contributed by atoms with van der Waals surface area (Å²) in [5.74, 6) is 1.23. The zero-order valence-electron chi connectivity index (χ0n) is 10.6. The smallest absolute Gasteiger partial charge is 0.221 e. The fourth-order valence-corrected chi connectivity index (χ4v) is 2.72. The van der Waals surface area contributed by atoms with Crippen molar-refractivity contribution in [1.29, 1.82) is 0 Å². The molecule has 0 bridgehead atoms. The van der Waals surface area contributed by atoms with Gasteiger partial charge in [-0.2, -0.15) is 4.98 Å². The zero-order chi connectivity index (χ0) is 13.4. The summed E-state index contributed by atoms with van der Waals surface area (Å²) in [5, 5.41) is 0. The highest BCUT2D eigenvalue weighted by Gasteiger charge is 2.20. The number of aromatic nitrogens is 3. The Bertz CT molecular complexity index is 628. The quantitative estimate of drug-likeness (QED) is 0.871. The number of anilines is 2. The van der Waals surface area contributed by atoms with Gasteiger partial charge in [0.2, 0.25) is 5.95 Å². The maximum Gasteiger partial charge on any atom is 0.221 e. The molecule has 0 atom stereocenters. The average molecular weight is 320 g/mol. The van der Waals surface area contributed by atoms with E-state index >= 15 is 0 Å². The Hall–Kier alpha value is -1.69. The number of aryl methyl sites for hydroxylation is 1. The van der Waals surface area contributed by atoms with Crippen LogP contribution in [0.2, 0.25) is 0 Å². The van der Waals surface area contributed by atoms with Gasteiger partial charge in [-0.05, 0) is 34.5 Å². The first kappa shape index (κ1) is 12.3. The van der Waals surface area contributed by atoms with E-state index in [4.69, 9.17) is 5.73 Å². The van der Waals surface area contributed by atoms with Crippen molar-refractivity contribution in [1.82, 2.24) is 15.0 Å². The molecule has 1 aliphatic rings. The molecule has 0 fully saturated rings. The van der Waals surface area contributed by atoms with Crippen molar-refractivity contribution in [2.24, 2.45) is 0 Å². The molecule has 1 aliphatic heterocycles. The number of rotatable bonds is 1. The van der Waals surface area contributed by atoms with Crippen LogP contribution < -0.4 is 10.6 Å². The van der Waals surface area contributed by atoms with Gasteiger partial charge in [-0.1, -0.05) is 0 Å². The molecular weight excluding hydrogens is 306 g/mol. The highest BCUT2D eigenvalue weighted by atomic mass is 79.9. The molecule has 5 nitrogen and oxygen atoms in total. The molecule has 6 heteroatoms. The zero-order valence-corrected chi connectivity index (χ0v) is 12.2. The van der Waals surface area contributed by atoms with E-state index in [1.807, 2.05) is 13.1 Å². The summed E-state index contributed by atoms with van der Waals surface area (Å²) in [6, 6.07) is 2.12. The molecule has 0 amide bonds. The lowest BCUT2D eigenvalue weighted by molar-refractivity contribution is 0.699. The number of nitrogen functional groups attached to an aromatic ring is 1. The van der Waals surface area contributed by atoms with E-state index in [1.165, 1.54) is 11.3 Å². The second-order valence-electron chi connectivity index (χ2n) is 4.67. The van der Waals surface area contributed by atoms with Crippen molar-refractivity contribution in [3.05, 3.63) is 39.8 Å². The highest BCUT2D eigenvalue weighted by molar-refractivity contribution is 9.10. The lowest BCUT2D eigenvalue weighted by Crippen LogP contribution is -2.32. The van der Waals surface area contributed by atoms with Gasteiger partial charge < -0.3 is 10.6 Å². The third kappa shape index (κ3) is 2.40. The minimum Gasteiger partial charge on any atom is -0.368 e. The van der Waals surface area contributed by atoms with E-state index in [0.29, 0.717) is 5.95 Å². The predicted molar refractivity (Wildman–Crippen MR) is 77.9 cm³/mol. The summed E-state index contributed by atoms with van der Waals surface area (Å²) in [4.78, 5) is 15.0. The second-order valence-corrected chi connectivity index (χ2v) is 5.58. The number of hydrogen-bond acceptors (Lipinski definition) is 5. The first-order chi connectivity index (χ1) is 9.13. The topological polar surface area (TPSA) is 67.9 Å². The van der Waals surface area contributed by atoms with Crippen LogP contribution in [0.25, 0.3) is 0 Å². The second kappa shape index (κ2) is 4.77. The average Bonchev–Trinajstić information content (AvgIpc) is 2.40. The summed E-state index contributed by atoms with van der Waals surface area (Å²) >= 11 is 3.47. The van der Waals surface area contributed by atoms with Gasteiger partial charge in [-0.15, -0.1) is 0 Å². The molecular formula is C13H14BrN5. The standard InChI is InChI=1S/C13H14BrN5/c1-8-5-17-13(15)18-12(8)19-3-2-11-9(7-19)4-10(14)6-16-11/h4-6H,2-3,7H2,1H3,(H2,15,17,18). The molecule has 3 heterocycles. The SMILES string of the molecule is Cc1cnc(N)nc1N1CCc2ncc(Br)cc2C1. The summed E-state index contributed by atoms with van der Waals surface area (Å²) in [5.41, 5.74) is 9.13. The number of nitrogens with two attached hydrogens (primary N) is 1. The van der Waals surface area contributed by atoms with Crippen molar-refractivity contribution in [2.75, 3.05) is 17.2 Å². The van der Waals surface area contributed by atoms with Crippen molar-refractivity contribution in [3.63, 3.8) is 0 Å². The normalized spacial score (nSPS) is 14.3. The minimum absolute atomic E-state index is 0.318. The van der Waals surface area contributed by atoms with Crippen LogP contribution in [-0.4, -0.2) is 21.5 Å². The Balaban J connectivity index is 1.95. The van der Waals surface area contributed by atoms with Crippen LogP contribution in [0.3, 0.4) is 0 Å². The van der Waals surface area contributed by atoms with Gasteiger partial charge in [-0.25, -0.2) is 4.98 Å². The summed E-state index contributed by atoms with van der Waals surface area (Å²) in [7, 11) is 0. The number of hydrogen-bond donors (Lipinski definition) is 1. The fraction of sp³-hybridized carbons (Fsp3) is 0.308. The maximum absolute atomic E-state index is 5.68. The van der Waals surface area contributed by atoms with E-state index < -0.39 is 0 Å². The Morgan fingerprint density at radius 2 is 2.16 bits per heavy atom. The Morgan fingerprint density at radius 3 is 3.00 bits per heavy atom. The molecule has 3 rings (SSSR count). The van der Waals surface area contributed by atoms with Crippen molar-refractivity contribution < 1.29 is 0 Å². The number of pyridine rings is 1. The Kier molecular flexibility index (Phi) is 3.10. The van der Waals surface area contributed by atoms with E-state index in [9.17, 15) is 0 Å². The van der Waals surface area contributed by atoms with Gasteiger partial charge >= 0.3 is 0 Å². The van der Waals surface area contributed by atoms with Crippen LogP contribution >= 0.6 is 15.9 Å². The summed E-state index contributed by atoms with van der Waals surface area (Å²) in [6.45, 7) is 3.71. The molecule has 0 spiro atoms. The van der Waals surface area contributed by atoms with Crippen LogP contribution in [-0.2, 0) is 13.0 Å². The van der Waals surface area contributed by atoms with Crippen molar-refractivity contribution in [2.45, 2.75) is 19.9 Å². The van der Waals surface area contributed by atoms with Gasteiger partial charge in [0.25, 0.3) is 0 Å². The first-order valence-electron chi connectivity index (χ1n) is 6.11. The molecule has 2 N–H and O–H groups in total. The number of halogens is 1. The molecule has 19 heavy (non-hydrogen) atoms. The molecule has 0 unspecified atom stereocenters. The Labute approximate surface area is 120 Å². The third-order valence-corrected chi connectivity index (χ3v) is 3.70. The minimum atomic E-state index is 0.318. The van der Waals surface area contributed by atoms with E-state index in [1.54, 1.807) is 6.20 Å². The largest absolute Gasteiger partial charge is 0.368 e. The molecule has 0 saturated heterocycles. The van der Waals surface area contributed by atoms with Gasteiger partial charge in [0.15, 0.2) is 0 Å². The lowest BCUT2D eigenvalue weighted by Gasteiger charge is -2.30. The highest BCUT2D eigenvalue weighted by Crippen LogP contribution is 2.26. The maximum atomic E-state index is 5.68. The molecule has 0 radical (unpaired) electrons. The Morgan fingerprint density at radius 1 is 1.32 bits per heavy atom. The monoisotopic (exact) mass is 319 g/mol. The van der Waals surface area contributed by atoms with Gasteiger partial charge in [0.05, 0.1) is 0 Å². The molecule has 0 saturated carbocycles. The molecule has 2 aromatic heterocycles. The van der Waals surface area contributed by atoms with Crippen molar-refractivity contribution >= 4 is 27.7 Å². The van der Waals surface area contributed by atoms with Gasteiger partial charge in [-0.3, -0.25) is 4.98 Å². The van der Waals surface area contributed by atoms with Gasteiger partial charge in [0.1, 0.15) is 5.82 Å². The van der Waals surface area contributed by atoms with Crippen LogP contribution in [0.5, 0.6) is 0 Å². The number of fused-ring (bicyclic) bond motifs is 1. The third-order valence-electron chi connectivity index (χ3n) is 3.27. The molecule has 2 aromatic rings. The fourth-order valence-electron chi connectivity index (χ4n) is 2.34. The van der Waals surface area contributed by atoms with Crippen molar-refractivity contribution in [3.8, 4) is 0 Å².